The Kier molecular flexibility index (Phi) is 49.1. The van der Waals surface area contributed by atoms with Crippen molar-refractivity contribution in [1.82, 2.24) is 0 Å². The van der Waals surface area contributed by atoms with Crippen molar-refractivity contribution >= 4 is 195 Å². The molecular weight excluding hydrogens is 1800 g/mol. The minimum absolute atomic E-state index is 0. The fourth-order valence-corrected chi connectivity index (χ4v) is 15.2. The van der Waals surface area contributed by atoms with Crippen molar-refractivity contribution in [3.05, 3.63) is 169 Å². The molecule has 0 saturated heterocycles. The van der Waals surface area contributed by atoms with Crippen molar-refractivity contribution in [3.63, 3.8) is 0 Å². The Morgan fingerprint density at radius 1 is 0.444 bits per heavy atom. The van der Waals surface area contributed by atoms with E-state index in [1.165, 1.54) is 104 Å². The maximum atomic E-state index is 13.0. The van der Waals surface area contributed by atoms with E-state index in [1.54, 1.807) is 24.3 Å². The summed E-state index contributed by atoms with van der Waals surface area (Å²) in [6.07, 6.45) is 0. The summed E-state index contributed by atoms with van der Waals surface area (Å²) in [4.78, 5) is 35.7. The number of hydrogen-bond donors (Lipinski definition) is 6. The van der Waals surface area contributed by atoms with Crippen LogP contribution in [0.2, 0.25) is 0 Å². The first kappa shape index (κ1) is 110. The number of azo groups is 3. The minimum Gasteiger partial charge on any atom is -0.744 e. The molecule has 7 N–H and O–H groups in total. The number of carbonyl (C=O) groups is 3. The normalized spacial score (nSPS) is 11.6. The van der Waals surface area contributed by atoms with Crippen LogP contribution >= 0.6 is 48.7 Å². The van der Waals surface area contributed by atoms with E-state index in [-0.39, 0.29) is 314 Å². The summed E-state index contributed by atoms with van der Waals surface area (Å²) in [6.45, 7) is -0.251. The summed E-state index contributed by atoms with van der Waals surface area (Å²) in [5, 5.41) is 108. The number of sulfone groups is 3. The van der Waals surface area contributed by atoms with Crippen LogP contribution in [0.5, 0.6) is 11.5 Å². The SMILES string of the molecule is CC(=O)Nc1ccc2c(O)c(N=Nc3ccc(C(=O)Nc4cccc(S(=O)(=O)CCOSOO[O-])c4)cc3)c(SOO[O-])cc2c1.Nc1c(N=Nc2ccc(S(=O)(=O)CCOS(=O)(=O)[O-])cc2)c(S(=O)(=O)[O-])cc2cc(SOO[O-])c(N=Nc3ccc(C(=O)Nc4cccc(S(=O)(=O)CCOSOO[O-])c4)cc3)c(O)c12.[Na+].[Na+].[Na+].[Na+].[Na+].[Na+]. The maximum absolute atomic E-state index is 13.0. The zero-order valence-corrected chi connectivity index (χ0v) is 80.7. The van der Waals surface area contributed by atoms with Crippen molar-refractivity contribution in [2.24, 2.45) is 30.7 Å². The van der Waals surface area contributed by atoms with Crippen LogP contribution in [-0.2, 0) is 105 Å². The molecule has 0 fully saturated rings. The predicted molar refractivity (Wildman–Crippen MR) is 378 cm³/mol. The second kappa shape index (κ2) is 52.4. The van der Waals surface area contributed by atoms with Crippen LogP contribution < -0.4 is 220 Å². The Morgan fingerprint density at radius 3 is 1.27 bits per heavy atom. The van der Waals surface area contributed by atoms with E-state index in [9.17, 15) is 96.8 Å². The molecule has 0 heterocycles. The van der Waals surface area contributed by atoms with E-state index in [4.69, 9.17) is 14.1 Å². The number of nitrogens with two attached hydrogens (primary N) is 1. The number of nitrogens with zero attached hydrogens (tertiary/aromatic N) is 6. The molecule has 9 aromatic rings. The Labute approximate surface area is 814 Å². The summed E-state index contributed by atoms with van der Waals surface area (Å²) in [5.41, 5.74) is 5.82. The van der Waals surface area contributed by atoms with Gasteiger partial charge in [-0.3, -0.25) is 47.1 Å². The molecule has 42 nitrogen and oxygen atoms in total. The Morgan fingerprint density at radius 2 is 0.846 bits per heavy atom. The van der Waals surface area contributed by atoms with Crippen molar-refractivity contribution in [1.29, 1.82) is 0 Å². The van der Waals surface area contributed by atoms with Crippen LogP contribution in [0.3, 0.4) is 0 Å². The first-order valence-corrected chi connectivity index (χ1v) is 40.3. The van der Waals surface area contributed by atoms with Gasteiger partial charge >= 0.3 is 177 Å². The summed E-state index contributed by atoms with van der Waals surface area (Å²) in [7, 11) is -22.4. The first-order chi connectivity index (χ1) is 52.7. The van der Waals surface area contributed by atoms with Gasteiger partial charge in [0.1, 0.15) is 27.2 Å². The third kappa shape index (κ3) is 33.5. The molecule has 0 spiro atoms. The molecule has 0 aliphatic heterocycles. The standard InChI is InChI=1S/C33H30N6O20S6.C27H24N4O12S3.6Na/c34-29-28-20(17-27(64(48,49)50)31(29)39-37-22-8-10-24(11-9-22)62(44,45)15-13-55-65(51,52)53)16-26(60-58-56-42)30(32(28)40)38-36-21-6-4-19(5-7-21)33(41)35-23-2-1-3-25(18-23)63(46,47)14-12-54-61-59-57-43;1-16(32)28-21-9-10-23-18(13-21)14-24(44-42-40-35)25(26(23)33)31-30-19-7-5-17(6-8-19)27(34)29-20-3-2-4-22(15-20)46(37,38)12-11-39-45-43-41-36;;;;;;/h1-11,16-18,40,42-43H,12-15,34H2,(H,35,41)(H,48,49,50)(H,51,52,53);2-10,13-15,33,35-36H,11-12H2,1H3,(H,28,32)(H,29,34);;;;;;/q;;6*+1/p-6. The van der Waals surface area contributed by atoms with Gasteiger partial charge in [-0.1, -0.05) is 12.1 Å². The minimum atomic E-state index is -5.39. The van der Waals surface area contributed by atoms with E-state index < -0.39 is 113 Å². The molecule has 0 aromatic heterocycles. The largest absolute Gasteiger partial charge is 1.00 e. The number of fused-ring (bicyclic) bond motifs is 2. The number of nitrogen functional groups attached to an aromatic ring is 1. The number of amides is 3. The Balaban J connectivity index is 0.000000793. The molecule has 9 rings (SSSR count). The molecule has 0 aliphatic carbocycles. The van der Waals surface area contributed by atoms with Gasteiger partial charge in [0.2, 0.25) is 16.3 Å². The number of phenolic OH excluding ortho intramolecular Hbond substituents is 2. The number of rotatable bonds is 37. The van der Waals surface area contributed by atoms with Gasteiger partial charge in [0, 0.05) is 40.5 Å². The summed E-state index contributed by atoms with van der Waals surface area (Å²) >= 11 is 1.03. The number of hydrogen-bond acceptors (Lipinski definition) is 43. The zero-order chi connectivity index (χ0) is 80.7. The zero-order valence-electron chi connectivity index (χ0n) is 61.3. The second-order valence-electron chi connectivity index (χ2n) is 21.3. The number of phenols is 2. The predicted octanol–water partition coefficient (Wildman–Crippen LogP) is -10.8. The molecule has 3 amide bonds. The number of aromatic hydroxyl groups is 2. The van der Waals surface area contributed by atoms with E-state index in [1.807, 2.05) is 0 Å². The van der Waals surface area contributed by atoms with Gasteiger partial charge in [0.05, 0.1) is 119 Å². The van der Waals surface area contributed by atoms with Gasteiger partial charge in [0.15, 0.2) is 65.7 Å². The van der Waals surface area contributed by atoms with Gasteiger partial charge < -0.3 is 62.0 Å². The van der Waals surface area contributed by atoms with E-state index in [0.29, 0.717) is 34.2 Å². The van der Waals surface area contributed by atoms with Crippen LogP contribution in [-0.4, -0.2) is 116 Å². The topological polar surface area (TPSA) is 639 Å². The van der Waals surface area contributed by atoms with Gasteiger partial charge in [-0.15, -0.1) is 24.0 Å². The van der Waals surface area contributed by atoms with Gasteiger partial charge in [-0.2, -0.15) is 24.0 Å². The number of nitrogens with one attached hydrogen (secondary N) is 3. The third-order valence-electron chi connectivity index (χ3n) is 14.1. The molecule has 0 bridgehead atoms. The summed E-state index contributed by atoms with van der Waals surface area (Å²) < 4.78 is 175. The van der Waals surface area contributed by atoms with Crippen molar-refractivity contribution in [2.45, 2.75) is 36.3 Å². The number of anilines is 4. The van der Waals surface area contributed by atoms with Crippen LogP contribution in [0, 0.1) is 0 Å². The third-order valence-corrected chi connectivity index (χ3v) is 22.4. The van der Waals surface area contributed by atoms with Crippen molar-refractivity contribution in [3.8, 4) is 11.5 Å². The molecule has 0 radical (unpaired) electrons. The van der Waals surface area contributed by atoms with E-state index in [2.05, 4.69) is 88.3 Å². The van der Waals surface area contributed by atoms with Gasteiger partial charge in [-0.05, 0) is 156 Å². The number of benzene rings is 9. The van der Waals surface area contributed by atoms with Crippen LogP contribution in [0.4, 0.5) is 56.9 Å². The van der Waals surface area contributed by atoms with E-state index >= 15 is 0 Å². The first-order valence-electron chi connectivity index (χ1n) is 29.8. The average molecular weight is 1850 g/mol. The van der Waals surface area contributed by atoms with Crippen LogP contribution in [0.25, 0.3) is 21.5 Å². The fourth-order valence-electron chi connectivity index (χ4n) is 9.22. The molecule has 0 unspecified atom stereocenters. The van der Waals surface area contributed by atoms with Crippen molar-refractivity contribution in [2.75, 3.05) is 58.8 Å². The molecule has 0 aliphatic rings. The van der Waals surface area contributed by atoms with E-state index in [0.717, 1.165) is 36.4 Å². The monoisotopic (exact) mass is 1850 g/mol. The van der Waals surface area contributed by atoms with Crippen LogP contribution in [0.1, 0.15) is 27.6 Å². The summed E-state index contributed by atoms with van der Waals surface area (Å²) in [6, 6.07) is 34.6. The van der Waals surface area contributed by atoms with Gasteiger partial charge in [-0.25, -0.2) is 42.1 Å². The molecular formula is C60H48N10Na6O32S9. The second-order valence-corrected chi connectivity index (χ2v) is 32.5. The summed E-state index contributed by atoms with van der Waals surface area (Å²) in [5.74, 6) is -4.36. The molecule has 590 valence electrons. The molecule has 0 saturated carbocycles. The quantitative estimate of drug-likeness (QED) is 0.00242. The molecule has 0 atom stereocenters. The number of carbonyl (C=O) groups excluding carboxylic acids is 3. The van der Waals surface area contributed by atoms with Crippen LogP contribution in [0.15, 0.2) is 218 Å². The maximum Gasteiger partial charge on any atom is 1.00 e. The Hall–Kier alpha value is -3.42. The fraction of sp³-hybridized carbons (Fsp3) is 0.117. The van der Waals surface area contributed by atoms with Crippen molar-refractivity contribution < 1.29 is 324 Å². The molecule has 57 heteroatoms. The molecule has 9 aromatic carbocycles. The van der Waals surface area contributed by atoms with Gasteiger partial charge in [0.25, 0.3) is 11.8 Å². The average Bonchev–Trinajstić information content (AvgIpc) is 0.749. The Bertz CT molecular complexity index is 5600. The smallest absolute Gasteiger partial charge is 0.744 e. The molecule has 117 heavy (non-hydrogen) atoms.